The lowest BCUT2D eigenvalue weighted by molar-refractivity contribution is -0.141. The monoisotopic (exact) mass is 337 g/mol. The van der Waals surface area contributed by atoms with E-state index in [1.54, 1.807) is 17.0 Å². The van der Waals surface area contributed by atoms with Gasteiger partial charge in [-0.15, -0.1) is 0 Å². The molecule has 0 aliphatic carbocycles. The van der Waals surface area contributed by atoms with Crippen LogP contribution in [-0.2, 0) is 9.59 Å². The molecule has 1 heterocycles. The summed E-state index contributed by atoms with van der Waals surface area (Å²) in [6, 6.07) is 7.25. The third-order valence-electron chi connectivity index (χ3n) is 4.91. The van der Waals surface area contributed by atoms with Gasteiger partial charge in [0, 0.05) is 30.5 Å². The Balaban J connectivity index is 2.13. The van der Waals surface area contributed by atoms with Crippen molar-refractivity contribution < 1.29 is 14.7 Å². The minimum absolute atomic E-state index is 0.0708. The van der Waals surface area contributed by atoms with E-state index in [0.29, 0.717) is 30.5 Å². The summed E-state index contributed by atoms with van der Waals surface area (Å²) in [5, 5.41) is 10.1. The largest absolute Gasteiger partial charge is 0.481 e. The molecule has 2 rings (SSSR count). The summed E-state index contributed by atoms with van der Waals surface area (Å²) in [6.07, 6.45) is 2.45. The highest BCUT2D eigenvalue weighted by Crippen LogP contribution is 2.34. The number of rotatable bonds is 6. The quantitative estimate of drug-likeness (QED) is 0.859. The summed E-state index contributed by atoms with van der Waals surface area (Å²) >= 11 is 5.90. The number of carbonyl (C=O) groups is 2. The van der Waals surface area contributed by atoms with Gasteiger partial charge in [0.1, 0.15) is 0 Å². The number of benzene rings is 1. The Morgan fingerprint density at radius 1 is 1.22 bits per heavy atom. The molecule has 1 aromatic carbocycles. The Kier molecular flexibility index (Phi) is 6.05. The van der Waals surface area contributed by atoms with Crippen LogP contribution in [0.3, 0.4) is 0 Å². The van der Waals surface area contributed by atoms with Crippen LogP contribution in [0.15, 0.2) is 24.3 Å². The summed E-state index contributed by atoms with van der Waals surface area (Å²) in [6.45, 7) is 4.93. The average molecular weight is 338 g/mol. The third-order valence-corrected chi connectivity index (χ3v) is 5.16. The molecule has 0 radical (unpaired) electrons. The number of hydrogen-bond acceptors (Lipinski definition) is 2. The van der Waals surface area contributed by atoms with Gasteiger partial charge in [-0.3, -0.25) is 9.59 Å². The molecule has 1 aliphatic heterocycles. The second-order valence-corrected chi connectivity index (χ2v) is 6.72. The van der Waals surface area contributed by atoms with E-state index >= 15 is 0 Å². The van der Waals surface area contributed by atoms with Crippen LogP contribution in [0.2, 0.25) is 5.02 Å². The van der Waals surface area contributed by atoms with E-state index in [9.17, 15) is 14.7 Å². The molecule has 4 nitrogen and oxygen atoms in total. The fourth-order valence-corrected chi connectivity index (χ4v) is 3.38. The van der Waals surface area contributed by atoms with Crippen LogP contribution in [-0.4, -0.2) is 35.0 Å². The zero-order chi connectivity index (χ0) is 17.0. The molecule has 0 aromatic heterocycles. The highest BCUT2D eigenvalue weighted by Gasteiger charge is 2.40. The summed E-state index contributed by atoms with van der Waals surface area (Å²) in [5.41, 5.74) is 0.930. The number of carbonyl (C=O) groups excluding carboxylic acids is 1. The van der Waals surface area contributed by atoms with Crippen molar-refractivity contribution >= 4 is 23.5 Å². The molecule has 1 saturated heterocycles. The number of aliphatic carboxylic acids is 1. The lowest BCUT2D eigenvalue weighted by Gasteiger charge is -2.19. The van der Waals surface area contributed by atoms with Gasteiger partial charge in [-0.05, 0) is 23.6 Å². The van der Waals surface area contributed by atoms with E-state index < -0.39 is 11.9 Å². The van der Waals surface area contributed by atoms with Gasteiger partial charge >= 0.3 is 5.97 Å². The highest BCUT2D eigenvalue weighted by molar-refractivity contribution is 6.30. The first-order valence-corrected chi connectivity index (χ1v) is 8.60. The second-order valence-electron chi connectivity index (χ2n) is 6.29. The zero-order valence-corrected chi connectivity index (χ0v) is 14.4. The standard InChI is InChI=1S/C18H24ClNO3/c1-3-12(4-2)9-17(21)20-10-15(16(11-20)18(22)23)13-5-7-14(19)8-6-13/h5-8,12,15-16H,3-4,9-11H2,1-2H3,(H,22,23)/t15-,16+/m0/s1. The van der Waals surface area contributed by atoms with Crippen molar-refractivity contribution in [2.75, 3.05) is 13.1 Å². The minimum Gasteiger partial charge on any atom is -0.481 e. The van der Waals surface area contributed by atoms with Gasteiger partial charge in [-0.25, -0.2) is 0 Å². The van der Waals surface area contributed by atoms with E-state index in [1.807, 2.05) is 12.1 Å². The van der Waals surface area contributed by atoms with Crippen molar-refractivity contribution in [1.82, 2.24) is 4.90 Å². The first-order chi connectivity index (χ1) is 11.0. The van der Waals surface area contributed by atoms with Gasteiger partial charge in [-0.2, -0.15) is 0 Å². The van der Waals surface area contributed by atoms with Crippen LogP contribution in [0.5, 0.6) is 0 Å². The van der Waals surface area contributed by atoms with Crippen molar-refractivity contribution in [1.29, 1.82) is 0 Å². The van der Waals surface area contributed by atoms with Crippen molar-refractivity contribution in [3.05, 3.63) is 34.9 Å². The summed E-state index contributed by atoms with van der Waals surface area (Å²) in [7, 11) is 0. The van der Waals surface area contributed by atoms with Crippen molar-refractivity contribution in [2.24, 2.45) is 11.8 Å². The smallest absolute Gasteiger partial charge is 0.308 e. The normalized spacial score (nSPS) is 21.0. The fourth-order valence-electron chi connectivity index (χ4n) is 3.26. The highest BCUT2D eigenvalue weighted by atomic mass is 35.5. The molecule has 1 N–H and O–H groups in total. The Bertz CT molecular complexity index is 554. The van der Waals surface area contributed by atoms with E-state index in [1.165, 1.54) is 0 Å². The lowest BCUT2D eigenvalue weighted by Crippen LogP contribution is -2.31. The van der Waals surface area contributed by atoms with E-state index in [-0.39, 0.29) is 11.8 Å². The van der Waals surface area contributed by atoms with E-state index in [4.69, 9.17) is 11.6 Å². The fraction of sp³-hybridized carbons (Fsp3) is 0.556. The van der Waals surface area contributed by atoms with E-state index in [2.05, 4.69) is 13.8 Å². The van der Waals surface area contributed by atoms with Crippen LogP contribution in [0.1, 0.15) is 44.6 Å². The maximum Gasteiger partial charge on any atom is 0.308 e. The number of likely N-dealkylation sites (tertiary alicyclic amines) is 1. The molecule has 1 aliphatic rings. The Morgan fingerprint density at radius 2 is 1.83 bits per heavy atom. The molecular formula is C18H24ClNO3. The van der Waals surface area contributed by atoms with Crippen LogP contribution in [0.4, 0.5) is 0 Å². The van der Waals surface area contributed by atoms with Gasteiger partial charge in [0.05, 0.1) is 5.92 Å². The lowest BCUT2D eigenvalue weighted by atomic mass is 9.89. The Labute approximate surface area is 142 Å². The molecule has 1 amide bonds. The van der Waals surface area contributed by atoms with Crippen LogP contribution < -0.4 is 0 Å². The molecule has 0 spiro atoms. The van der Waals surface area contributed by atoms with Gasteiger partial charge < -0.3 is 10.0 Å². The van der Waals surface area contributed by atoms with Gasteiger partial charge in [0.2, 0.25) is 5.91 Å². The number of halogens is 1. The van der Waals surface area contributed by atoms with Crippen LogP contribution >= 0.6 is 11.6 Å². The topological polar surface area (TPSA) is 57.6 Å². The maximum atomic E-state index is 12.5. The molecular weight excluding hydrogens is 314 g/mol. The van der Waals surface area contributed by atoms with Gasteiger partial charge in [-0.1, -0.05) is 50.4 Å². The van der Waals surface area contributed by atoms with Crippen molar-refractivity contribution in [3.63, 3.8) is 0 Å². The van der Waals surface area contributed by atoms with Crippen molar-refractivity contribution in [3.8, 4) is 0 Å². The molecule has 1 fully saturated rings. The predicted molar refractivity (Wildman–Crippen MR) is 90.6 cm³/mol. The number of carboxylic acid groups (broad SMARTS) is 1. The first-order valence-electron chi connectivity index (χ1n) is 8.22. The number of hydrogen-bond donors (Lipinski definition) is 1. The molecule has 0 saturated carbocycles. The second kappa shape index (κ2) is 7.82. The van der Waals surface area contributed by atoms with E-state index in [0.717, 1.165) is 18.4 Å². The molecule has 1 aromatic rings. The van der Waals surface area contributed by atoms with Gasteiger partial charge in [0.15, 0.2) is 0 Å². The molecule has 0 bridgehead atoms. The average Bonchev–Trinajstić information content (AvgIpc) is 2.98. The van der Waals surface area contributed by atoms with Gasteiger partial charge in [0.25, 0.3) is 0 Å². The molecule has 126 valence electrons. The Hall–Kier alpha value is -1.55. The number of amides is 1. The van der Waals surface area contributed by atoms with Crippen molar-refractivity contribution in [2.45, 2.75) is 39.0 Å². The predicted octanol–water partition coefficient (Wildman–Crippen LogP) is 3.79. The minimum atomic E-state index is -0.845. The maximum absolute atomic E-state index is 12.5. The van der Waals surface area contributed by atoms with Crippen LogP contribution in [0, 0.1) is 11.8 Å². The third kappa shape index (κ3) is 4.25. The zero-order valence-electron chi connectivity index (χ0n) is 13.7. The number of carboxylic acids is 1. The first kappa shape index (κ1) is 17.8. The van der Waals surface area contributed by atoms with Crippen LogP contribution in [0.25, 0.3) is 0 Å². The summed E-state index contributed by atoms with van der Waals surface area (Å²) in [5.74, 6) is -1.12. The molecule has 23 heavy (non-hydrogen) atoms. The SMILES string of the molecule is CCC(CC)CC(=O)N1C[C@@H](C(=O)O)[C@H](c2ccc(Cl)cc2)C1. The molecule has 5 heteroatoms. The molecule has 0 unspecified atom stereocenters. The summed E-state index contributed by atoms with van der Waals surface area (Å²) in [4.78, 5) is 25.8. The number of nitrogens with zero attached hydrogens (tertiary/aromatic N) is 1. The Morgan fingerprint density at radius 3 is 2.35 bits per heavy atom. The summed E-state index contributed by atoms with van der Waals surface area (Å²) < 4.78 is 0. The molecule has 2 atom stereocenters.